The number of hydrogen-bond acceptors (Lipinski definition) is 5. The van der Waals surface area contributed by atoms with Crippen LogP contribution in [0.1, 0.15) is 13.3 Å². The Bertz CT molecular complexity index is 434. The zero-order chi connectivity index (χ0) is 13.9. The number of amides is 1. The van der Waals surface area contributed by atoms with Gasteiger partial charge in [-0.1, -0.05) is 0 Å². The van der Waals surface area contributed by atoms with Crippen molar-refractivity contribution in [3.63, 3.8) is 0 Å². The Labute approximate surface area is 106 Å². The van der Waals surface area contributed by atoms with Crippen LogP contribution in [0, 0.1) is 0 Å². The molecule has 1 heterocycles. The fourth-order valence-corrected chi connectivity index (χ4v) is 3.80. The molecule has 0 bridgehead atoms. The number of nitrogens with one attached hydrogen (secondary N) is 1. The van der Waals surface area contributed by atoms with Gasteiger partial charge in [-0.25, -0.2) is 13.2 Å². The number of carboxylic acid groups (broad SMARTS) is 1. The third-order valence-electron chi connectivity index (χ3n) is 2.98. The zero-order valence-electron chi connectivity index (χ0n) is 10.4. The molecule has 0 aliphatic carbocycles. The van der Waals surface area contributed by atoms with E-state index in [4.69, 9.17) is 5.11 Å². The molecule has 1 aliphatic rings. The summed E-state index contributed by atoms with van der Waals surface area (Å²) in [5.74, 6) is -1.36. The van der Waals surface area contributed by atoms with Gasteiger partial charge in [0.15, 0.2) is 9.84 Å². The molecule has 8 heteroatoms. The van der Waals surface area contributed by atoms with E-state index in [1.807, 2.05) is 0 Å². The lowest BCUT2D eigenvalue weighted by molar-refractivity contribution is -0.142. The maximum Gasteiger partial charge on any atom is 0.327 e. The van der Waals surface area contributed by atoms with Crippen LogP contribution in [0.15, 0.2) is 0 Å². The van der Waals surface area contributed by atoms with Crippen molar-refractivity contribution in [3.05, 3.63) is 0 Å². The second-order valence-corrected chi connectivity index (χ2v) is 6.82. The third kappa shape index (κ3) is 4.26. The molecule has 18 heavy (non-hydrogen) atoms. The van der Waals surface area contributed by atoms with E-state index in [0.29, 0.717) is 6.42 Å². The predicted octanol–water partition coefficient (Wildman–Crippen LogP) is -1.31. The van der Waals surface area contributed by atoms with E-state index >= 15 is 0 Å². The molecule has 0 saturated carbocycles. The van der Waals surface area contributed by atoms with E-state index in [1.54, 1.807) is 11.9 Å². The maximum absolute atomic E-state index is 11.3. The van der Waals surface area contributed by atoms with Gasteiger partial charge in [-0.2, -0.15) is 0 Å². The summed E-state index contributed by atoms with van der Waals surface area (Å²) in [5.41, 5.74) is 0. The van der Waals surface area contributed by atoms with Crippen LogP contribution in [0.25, 0.3) is 0 Å². The van der Waals surface area contributed by atoms with Crippen molar-refractivity contribution in [1.29, 1.82) is 0 Å². The first-order valence-corrected chi connectivity index (χ1v) is 7.44. The Hall–Kier alpha value is -1.15. The van der Waals surface area contributed by atoms with Crippen molar-refractivity contribution < 1.29 is 23.1 Å². The Balaban J connectivity index is 2.59. The van der Waals surface area contributed by atoms with Gasteiger partial charge in [0.1, 0.15) is 6.04 Å². The Morgan fingerprint density at radius 3 is 2.50 bits per heavy atom. The van der Waals surface area contributed by atoms with Crippen molar-refractivity contribution in [3.8, 4) is 0 Å². The zero-order valence-corrected chi connectivity index (χ0v) is 11.2. The molecule has 2 N–H and O–H groups in total. The molecule has 7 nitrogen and oxygen atoms in total. The van der Waals surface area contributed by atoms with Gasteiger partial charge in [-0.3, -0.25) is 9.69 Å². The smallest absolute Gasteiger partial charge is 0.327 e. The fraction of sp³-hybridized carbons (Fsp3) is 0.800. The highest BCUT2D eigenvalue weighted by Gasteiger charge is 2.32. The number of carbonyl (C=O) groups is 2. The normalized spacial score (nSPS) is 23.8. The highest BCUT2D eigenvalue weighted by molar-refractivity contribution is 7.91. The summed E-state index contributed by atoms with van der Waals surface area (Å²) in [6.07, 6.45) is 0.505. The monoisotopic (exact) mass is 278 g/mol. The number of sulfone groups is 1. The van der Waals surface area contributed by atoms with Crippen molar-refractivity contribution in [2.24, 2.45) is 0 Å². The molecule has 1 rings (SSSR count). The number of likely N-dealkylation sites (N-methyl/N-ethyl adjacent to an activating group) is 1. The summed E-state index contributed by atoms with van der Waals surface area (Å²) in [5, 5.41) is 11.3. The number of rotatable bonds is 5. The van der Waals surface area contributed by atoms with Crippen LogP contribution in [-0.2, 0) is 19.4 Å². The molecular formula is C10H18N2O5S. The van der Waals surface area contributed by atoms with Crippen molar-refractivity contribution >= 4 is 21.7 Å². The number of carbonyl (C=O) groups excluding carboxylic acids is 1. The van der Waals surface area contributed by atoms with Gasteiger partial charge in [-0.05, 0) is 13.5 Å². The maximum atomic E-state index is 11.3. The van der Waals surface area contributed by atoms with Crippen LogP contribution in [0.5, 0.6) is 0 Å². The highest BCUT2D eigenvalue weighted by Crippen LogP contribution is 2.16. The minimum atomic E-state index is -3.00. The van der Waals surface area contributed by atoms with E-state index in [9.17, 15) is 18.0 Å². The molecule has 1 aliphatic heterocycles. The number of nitrogens with zero attached hydrogens (tertiary/aromatic N) is 1. The van der Waals surface area contributed by atoms with Crippen LogP contribution in [0.3, 0.4) is 0 Å². The van der Waals surface area contributed by atoms with Crippen LogP contribution < -0.4 is 5.32 Å². The van der Waals surface area contributed by atoms with Crippen LogP contribution >= 0.6 is 0 Å². The standard InChI is InChI=1S/C10H18N2O5S/c1-7(13)11-9(10(14)15)5-12(2)8-3-4-18(16,17)6-8/h8-9H,3-6H2,1-2H3,(H,11,13)(H,14,15). The Kier molecular flexibility index (Phi) is 4.69. The molecule has 0 aromatic heterocycles. The van der Waals surface area contributed by atoms with E-state index < -0.39 is 27.8 Å². The van der Waals surface area contributed by atoms with Crippen molar-refractivity contribution in [1.82, 2.24) is 10.2 Å². The lowest BCUT2D eigenvalue weighted by Gasteiger charge is -2.26. The number of aliphatic carboxylic acids is 1. The van der Waals surface area contributed by atoms with Crippen LogP contribution in [0.2, 0.25) is 0 Å². The summed E-state index contributed by atoms with van der Waals surface area (Å²) in [7, 11) is -1.33. The van der Waals surface area contributed by atoms with Gasteiger partial charge in [0, 0.05) is 19.5 Å². The molecule has 2 atom stereocenters. The molecule has 0 aromatic rings. The first-order valence-electron chi connectivity index (χ1n) is 5.62. The summed E-state index contributed by atoms with van der Waals surface area (Å²) in [6, 6.07) is -1.19. The van der Waals surface area contributed by atoms with Gasteiger partial charge in [0.25, 0.3) is 0 Å². The Morgan fingerprint density at radius 1 is 1.50 bits per heavy atom. The van der Waals surface area contributed by atoms with Gasteiger partial charge in [0.05, 0.1) is 11.5 Å². The second-order valence-electron chi connectivity index (χ2n) is 4.59. The van der Waals surface area contributed by atoms with Gasteiger partial charge >= 0.3 is 5.97 Å². The lowest BCUT2D eigenvalue weighted by Crippen LogP contribution is -2.49. The van der Waals surface area contributed by atoms with Gasteiger partial charge < -0.3 is 10.4 Å². The largest absolute Gasteiger partial charge is 0.480 e. The summed E-state index contributed by atoms with van der Waals surface area (Å²) >= 11 is 0. The molecule has 2 unspecified atom stereocenters. The summed E-state index contributed by atoms with van der Waals surface area (Å²) in [6.45, 7) is 1.34. The fourth-order valence-electron chi connectivity index (χ4n) is 1.99. The van der Waals surface area contributed by atoms with Gasteiger partial charge in [0.2, 0.25) is 5.91 Å². The average Bonchev–Trinajstić information content (AvgIpc) is 2.57. The quantitative estimate of drug-likeness (QED) is 0.647. The molecule has 104 valence electrons. The SMILES string of the molecule is CC(=O)NC(CN(C)C1CCS(=O)(=O)C1)C(=O)O. The second kappa shape index (κ2) is 5.66. The third-order valence-corrected chi connectivity index (χ3v) is 4.73. The number of hydrogen-bond donors (Lipinski definition) is 2. The Morgan fingerprint density at radius 2 is 2.11 bits per heavy atom. The molecule has 1 saturated heterocycles. The van der Waals surface area contributed by atoms with Crippen molar-refractivity contribution in [2.75, 3.05) is 25.1 Å². The van der Waals surface area contributed by atoms with E-state index in [2.05, 4.69) is 5.32 Å². The molecule has 0 spiro atoms. The minimum absolute atomic E-state index is 0.0515. The minimum Gasteiger partial charge on any atom is -0.480 e. The molecule has 0 radical (unpaired) electrons. The van der Waals surface area contributed by atoms with E-state index in [1.165, 1.54) is 6.92 Å². The summed E-state index contributed by atoms with van der Waals surface area (Å²) in [4.78, 5) is 23.5. The number of carboxylic acids is 1. The molecule has 1 amide bonds. The predicted molar refractivity (Wildman–Crippen MR) is 64.9 cm³/mol. The van der Waals surface area contributed by atoms with E-state index in [-0.39, 0.29) is 24.1 Å². The van der Waals surface area contributed by atoms with Crippen molar-refractivity contribution in [2.45, 2.75) is 25.4 Å². The lowest BCUT2D eigenvalue weighted by atomic mass is 10.2. The van der Waals surface area contributed by atoms with Gasteiger partial charge in [-0.15, -0.1) is 0 Å². The first-order chi connectivity index (χ1) is 8.21. The molecule has 1 fully saturated rings. The van der Waals surface area contributed by atoms with E-state index in [0.717, 1.165) is 0 Å². The highest BCUT2D eigenvalue weighted by atomic mass is 32.2. The summed E-state index contributed by atoms with van der Waals surface area (Å²) < 4.78 is 22.7. The topological polar surface area (TPSA) is 104 Å². The molecular weight excluding hydrogens is 260 g/mol. The molecule has 0 aromatic carbocycles. The van der Waals surface area contributed by atoms with Crippen LogP contribution in [-0.4, -0.2) is 67.5 Å². The van der Waals surface area contributed by atoms with Crippen LogP contribution in [0.4, 0.5) is 0 Å². The average molecular weight is 278 g/mol. The first kappa shape index (κ1) is 14.9.